The molecule has 0 bridgehead atoms. The van der Waals surface area contributed by atoms with Gasteiger partial charge < -0.3 is 10.2 Å². The fourth-order valence-corrected chi connectivity index (χ4v) is 3.11. The lowest BCUT2D eigenvalue weighted by Gasteiger charge is -2.45. The molecule has 25 heavy (non-hydrogen) atoms. The number of rotatable bonds is 5. The number of halogens is 1. The number of aryl methyl sites for hydroxylation is 1. The molecule has 1 aliphatic heterocycles. The van der Waals surface area contributed by atoms with Gasteiger partial charge in [0.25, 0.3) is 0 Å². The standard InChI is InChI=1S/C18H22BrN5O/c1-12-13(2)20-11-21-18(12)24-8-16(9-24)23(3)10-17(25)22-15-6-4-14(19)5-7-15/h4-7,11,16H,8-10H2,1-3H3,(H,22,25). The van der Waals surface area contributed by atoms with Crippen molar-refractivity contribution >= 4 is 33.3 Å². The highest BCUT2D eigenvalue weighted by atomic mass is 79.9. The lowest BCUT2D eigenvalue weighted by Crippen LogP contribution is -2.60. The largest absolute Gasteiger partial charge is 0.353 e. The smallest absolute Gasteiger partial charge is 0.238 e. The van der Waals surface area contributed by atoms with Crippen molar-refractivity contribution in [2.45, 2.75) is 19.9 Å². The fourth-order valence-electron chi connectivity index (χ4n) is 2.84. The Morgan fingerprint density at radius 2 is 1.96 bits per heavy atom. The SMILES string of the molecule is Cc1ncnc(N2CC(N(C)CC(=O)Nc3ccc(Br)cc3)C2)c1C. The molecule has 1 aromatic carbocycles. The van der Waals surface area contributed by atoms with Crippen LogP contribution < -0.4 is 10.2 Å². The first-order valence-electron chi connectivity index (χ1n) is 8.23. The van der Waals surface area contributed by atoms with E-state index in [9.17, 15) is 4.79 Å². The van der Waals surface area contributed by atoms with Crippen LogP contribution in [0, 0.1) is 13.8 Å². The lowest BCUT2D eigenvalue weighted by atomic mass is 10.1. The van der Waals surface area contributed by atoms with Gasteiger partial charge in [0, 0.05) is 40.5 Å². The van der Waals surface area contributed by atoms with Gasteiger partial charge in [-0.15, -0.1) is 0 Å². The van der Waals surface area contributed by atoms with Gasteiger partial charge in [-0.25, -0.2) is 9.97 Å². The minimum absolute atomic E-state index is 0.00247. The fraction of sp³-hybridized carbons (Fsp3) is 0.389. The van der Waals surface area contributed by atoms with E-state index in [0.717, 1.165) is 40.3 Å². The molecule has 2 heterocycles. The Hall–Kier alpha value is -1.99. The molecule has 0 spiro atoms. The molecular weight excluding hydrogens is 382 g/mol. The highest BCUT2D eigenvalue weighted by Crippen LogP contribution is 2.25. The quantitative estimate of drug-likeness (QED) is 0.830. The monoisotopic (exact) mass is 403 g/mol. The first kappa shape index (κ1) is 17.8. The molecule has 1 amide bonds. The Morgan fingerprint density at radius 1 is 1.28 bits per heavy atom. The molecule has 1 aliphatic rings. The number of anilines is 2. The van der Waals surface area contributed by atoms with Crippen LogP contribution in [0.25, 0.3) is 0 Å². The van der Waals surface area contributed by atoms with E-state index in [1.54, 1.807) is 6.33 Å². The maximum Gasteiger partial charge on any atom is 0.238 e. The number of carbonyl (C=O) groups excluding carboxylic acids is 1. The van der Waals surface area contributed by atoms with Gasteiger partial charge in [0.05, 0.1) is 6.54 Å². The predicted molar refractivity (Wildman–Crippen MR) is 103 cm³/mol. The van der Waals surface area contributed by atoms with Gasteiger partial charge >= 0.3 is 0 Å². The van der Waals surface area contributed by atoms with E-state index in [0.29, 0.717) is 12.6 Å². The third-order valence-electron chi connectivity index (χ3n) is 4.62. The van der Waals surface area contributed by atoms with E-state index < -0.39 is 0 Å². The molecule has 0 atom stereocenters. The second-order valence-corrected chi connectivity index (χ2v) is 7.35. The van der Waals surface area contributed by atoms with E-state index in [2.05, 4.69) is 41.0 Å². The third kappa shape index (κ3) is 4.16. The van der Waals surface area contributed by atoms with Gasteiger partial charge in [0.2, 0.25) is 5.91 Å². The second-order valence-electron chi connectivity index (χ2n) is 6.44. The molecular formula is C18H22BrN5O. The van der Waals surface area contributed by atoms with Crippen LogP contribution in [0.2, 0.25) is 0 Å². The van der Waals surface area contributed by atoms with Gasteiger partial charge in [-0.3, -0.25) is 9.69 Å². The van der Waals surface area contributed by atoms with Crippen molar-refractivity contribution in [2.24, 2.45) is 0 Å². The van der Waals surface area contributed by atoms with Crippen molar-refractivity contribution in [3.8, 4) is 0 Å². The number of carbonyl (C=O) groups is 1. The highest BCUT2D eigenvalue weighted by molar-refractivity contribution is 9.10. The molecule has 0 saturated carbocycles. The summed E-state index contributed by atoms with van der Waals surface area (Å²) in [6.45, 7) is 6.17. The zero-order valence-electron chi connectivity index (χ0n) is 14.7. The van der Waals surface area contributed by atoms with Crippen molar-refractivity contribution in [1.29, 1.82) is 0 Å². The molecule has 1 saturated heterocycles. The van der Waals surface area contributed by atoms with Crippen molar-refractivity contribution in [3.63, 3.8) is 0 Å². The highest BCUT2D eigenvalue weighted by Gasteiger charge is 2.32. The first-order valence-corrected chi connectivity index (χ1v) is 9.02. The topological polar surface area (TPSA) is 61.4 Å². The summed E-state index contributed by atoms with van der Waals surface area (Å²) < 4.78 is 0.993. The molecule has 6 nitrogen and oxygen atoms in total. The van der Waals surface area contributed by atoms with Crippen LogP contribution in [0.15, 0.2) is 35.1 Å². The van der Waals surface area contributed by atoms with E-state index in [1.165, 1.54) is 0 Å². The minimum atomic E-state index is -0.00247. The van der Waals surface area contributed by atoms with Crippen LogP contribution in [0.3, 0.4) is 0 Å². The number of likely N-dealkylation sites (N-methyl/N-ethyl adjacent to an activating group) is 1. The number of nitrogens with one attached hydrogen (secondary N) is 1. The summed E-state index contributed by atoms with van der Waals surface area (Å²) in [6.07, 6.45) is 1.61. The molecule has 0 aliphatic carbocycles. The first-order chi connectivity index (χ1) is 11.9. The molecule has 7 heteroatoms. The molecule has 1 aromatic heterocycles. The van der Waals surface area contributed by atoms with Crippen molar-refractivity contribution in [2.75, 3.05) is 36.9 Å². The predicted octanol–water partition coefficient (Wildman–Crippen LogP) is 2.62. The minimum Gasteiger partial charge on any atom is -0.353 e. The average Bonchev–Trinajstić information content (AvgIpc) is 2.52. The number of amides is 1. The van der Waals surface area contributed by atoms with Crippen LogP contribution in [0.4, 0.5) is 11.5 Å². The van der Waals surface area contributed by atoms with Gasteiger partial charge in [0.15, 0.2) is 0 Å². The maximum absolute atomic E-state index is 12.2. The van der Waals surface area contributed by atoms with Crippen LogP contribution >= 0.6 is 15.9 Å². The summed E-state index contributed by atoms with van der Waals surface area (Å²) in [5, 5.41) is 2.93. The zero-order valence-corrected chi connectivity index (χ0v) is 16.2. The van der Waals surface area contributed by atoms with Crippen molar-refractivity contribution in [3.05, 3.63) is 46.3 Å². The Bertz CT molecular complexity index is 759. The van der Waals surface area contributed by atoms with Crippen LogP contribution in [-0.4, -0.2) is 53.5 Å². The maximum atomic E-state index is 12.2. The number of hydrogen-bond donors (Lipinski definition) is 1. The Labute approximate surface area is 156 Å². The van der Waals surface area contributed by atoms with E-state index in [1.807, 2.05) is 45.2 Å². The summed E-state index contributed by atoms with van der Waals surface area (Å²) in [6, 6.07) is 7.94. The van der Waals surface area contributed by atoms with E-state index in [4.69, 9.17) is 0 Å². The normalized spacial score (nSPS) is 14.5. The van der Waals surface area contributed by atoms with Gasteiger partial charge in [-0.1, -0.05) is 15.9 Å². The summed E-state index contributed by atoms with van der Waals surface area (Å²) in [5.74, 6) is 0.994. The number of benzene rings is 1. The summed E-state index contributed by atoms with van der Waals surface area (Å²) >= 11 is 3.39. The average molecular weight is 404 g/mol. The third-order valence-corrected chi connectivity index (χ3v) is 5.14. The van der Waals surface area contributed by atoms with Gasteiger partial charge in [-0.05, 0) is 45.2 Å². The molecule has 0 radical (unpaired) electrons. The summed E-state index contributed by atoms with van der Waals surface area (Å²) in [7, 11) is 1.99. The molecule has 2 aromatic rings. The van der Waals surface area contributed by atoms with E-state index >= 15 is 0 Å². The van der Waals surface area contributed by atoms with Crippen LogP contribution in [0.5, 0.6) is 0 Å². The number of aromatic nitrogens is 2. The van der Waals surface area contributed by atoms with Crippen LogP contribution in [0.1, 0.15) is 11.3 Å². The van der Waals surface area contributed by atoms with Gasteiger partial charge in [-0.2, -0.15) is 0 Å². The van der Waals surface area contributed by atoms with Crippen molar-refractivity contribution < 1.29 is 4.79 Å². The summed E-state index contributed by atoms with van der Waals surface area (Å²) in [5.41, 5.74) is 2.94. The van der Waals surface area contributed by atoms with Crippen LogP contribution in [-0.2, 0) is 4.79 Å². The van der Waals surface area contributed by atoms with Gasteiger partial charge in [0.1, 0.15) is 12.1 Å². The molecule has 3 rings (SSSR count). The summed E-state index contributed by atoms with van der Waals surface area (Å²) in [4.78, 5) is 25.1. The Kier molecular flexibility index (Phi) is 5.34. The lowest BCUT2D eigenvalue weighted by molar-refractivity contribution is -0.117. The second kappa shape index (κ2) is 7.49. The molecule has 0 unspecified atom stereocenters. The van der Waals surface area contributed by atoms with E-state index in [-0.39, 0.29) is 5.91 Å². The number of nitrogens with zero attached hydrogens (tertiary/aromatic N) is 4. The zero-order chi connectivity index (χ0) is 18.0. The molecule has 1 N–H and O–H groups in total. The Morgan fingerprint density at radius 3 is 2.64 bits per heavy atom. The molecule has 1 fully saturated rings. The van der Waals surface area contributed by atoms with Crippen molar-refractivity contribution in [1.82, 2.24) is 14.9 Å². The Balaban J connectivity index is 1.50. The number of hydrogen-bond acceptors (Lipinski definition) is 5. The molecule has 132 valence electrons.